The summed E-state index contributed by atoms with van der Waals surface area (Å²) in [6, 6.07) is 16.4. The molecular weight excluding hydrogens is 500 g/mol. The normalized spacial score (nSPS) is 27.1. The number of carbonyl (C=O) groups is 2. The molecule has 216 valence electrons. The molecule has 0 radical (unpaired) electrons. The van der Waals surface area contributed by atoms with Crippen molar-refractivity contribution in [3.63, 3.8) is 0 Å². The standard InChI is InChI=1S/C33H46N4O3/c1-23-5-9-25(10-6-23)21-36(22-30-4-3-19-40-30)29-17-18-37(33(39)26-11-7-24(2)8-12-26)31(20-29)32(38)35-28-15-13-27(34)14-16-28/h5-12,27-31H,3-4,13-22,34H2,1-2H3,(H,35,38)/t27?,28?,29?,30?,31-/m1/s1. The highest BCUT2D eigenvalue weighted by Crippen LogP contribution is 2.28. The number of amides is 2. The highest BCUT2D eigenvalue weighted by atomic mass is 16.5. The minimum atomic E-state index is -0.506. The van der Waals surface area contributed by atoms with E-state index < -0.39 is 6.04 Å². The summed E-state index contributed by atoms with van der Waals surface area (Å²) >= 11 is 0. The van der Waals surface area contributed by atoms with Crippen LogP contribution >= 0.6 is 0 Å². The van der Waals surface area contributed by atoms with E-state index in [1.807, 2.05) is 36.1 Å². The third kappa shape index (κ3) is 7.31. The summed E-state index contributed by atoms with van der Waals surface area (Å²) in [5, 5.41) is 3.31. The van der Waals surface area contributed by atoms with E-state index in [0.29, 0.717) is 18.5 Å². The first kappa shape index (κ1) is 28.8. The number of benzene rings is 2. The van der Waals surface area contributed by atoms with Crippen molar-refractivity contribution >= 4 is 11.8 Å². The second-order valence-electron chi connectivity index (χ2n) is 12.2. The maximum atomic E-state index is 13.9. The van der Waals surface area contributed by atoms with E-state index in [2.05, 4.69) is 41.4 Å². The molecule has 3 fully saturated rings. The molecule has 0 bridgehead atoms. The molecule has 2 aromatic rings. The van der Waals surface area contributed by atoms with Gasteiger partial charge in [0.1, 0.15) is 6.04 Å². The SMILES string of the molecule is Cc1ccc(CN(CC2CCCO2)C2CCN(C(=O)c3ccc(C)cc3)[C@@H](C(=O)NC3CCC(N)CC3)C2)cc1. The van der Waals surface area contributed by atoms with Gasteiger partial charge in [0.25, 0.3) is 5.91 Å². The van der Waals surface area contributed by atoms with Crippen molar-refractivity contribution in [2.45, 2.75) is 102 Å². The highest BCUT2D eigenvalue weighted by molar-refractivity contribution is 5.97. The minimum absolute atomic E-state index is 0.0296. The predicted molar refractivity (Wildman–Crippen MR) is 158 cm³/mol. The number of nitrogens with two attached hydrogens (primary N) is 1. The Morgan fingerprint density at radius 3 is 2.27 bits per heavy atom. The number of hydrogen-bond donors (Lipinski definition) is 2. The lowest BCUT2D eigenvalue weighted by atomic mass is 9.90. The monoisotopic (exact) mass is 546 g/mol. The van der Waals surface area contributed by atoms with Crippen LogP contribution in [0.4, 0.5) is 0 Å². The van der Waals surface area contributed by atoms with E-state index in [1.165, 1.54) is 11.1 Å². The van der Waals surface area contributed by atoms with Crippen molar-refractivity contribution in [1.82, 2.24) is 15.1 Å². The number of carbonyl (C=O) groups excluding carboxylic acids is 2. The fraction of sp³-hybridized carbons (Fsp3) is 0.576. The van der Waals surface area contributed by atoms with Crippen LogP contribution < -0.4 is 11.1 Å². The van der Waals surface area contributed by atoms with Crippen LogP contribution in [0.1, 0.15) is 78.4 Å². The van der Waals surface area contributed by atoms with Gasteiger partial charge in [-0.2, -0.15) is 0 Å². The molecule has 2 amide bonds. The van der Waals surface area contributed by atoms with Crippen LogP contribution in [0.2, 0.25) is 0 Å². The van der Waals surface area contributed by atoms with Crippen molar-refractivity contribution in [2.75, 3.05) is 19.7 Å². The second-order valence-corrected chi connectivity index (χ2v) is 12.2. The summed E-state index contributed by atoms with van der Waals surface area (Å²) < 4.78 is 6.05. The highest BCUT2D eigenvalue weighted by Gasteiger charge is 2.40. The number of hydrogen-bond acceptors (Lipinski definition) is 5. The zero-order valence-corrected chi connectivity index (χ0v) is 24.2. The van der Waals surface area contributed by atoms with E-state index in [0.717, 1.165) is 70.2 Å². The Morgan fingerprint density at radius 2 is 1.62 bits per heavy atom. The third-order valence-electron chi connectivity index (χ3n) is 9.04. The lowest BCUT2D eigenvalue weighted by Gasteiger charge is -2.44. The maximum Gasteiger partial charge on any atom is 0.254 e. The van der Waals surface area contributed by atoms with Crippen LogP contribution in [-0.4, -0.2) is 71.6 Å². The Balaban J connectivity index is 1.36. The summed E-state index contributed by atoms with van der Waals surface area (Å²) in [7, 11) is 0. The fourth-order valence-corrected chi connectivity index (χ4v) is 6.51. The first-order valence-electron chi connectivity index (χ1n) is 15.2. The Morgan fingerprint density at radius 1 is 0.950 bits per heavy atom. The van der Waals surface area contributed by atoms with Crippen molar-refractivity contribution in [1.29, 1.82) is 0 Å². The molecule has 2 saturated heterocycles. The molecule has 2 aromatic carbocycles. The van der Waals surface area contributed by atoms with Crippen LogP contribution in [-0.2, 0) is 16.1 Å². The number of rotatable bonds is 8. The number of nitrogens with zero attached hydrogens (tertiary/aromatic N) is 2. The van der Waals surface area contributed by atoms with Gasteiger partial charge >= 0.3 is 0 Å². The molecule has 1 aliphatic carbocycles. The summed E-state index contributed by atoms with van der Waals surface area (Å²) in [6.45, 7) is 7.16. The molecule has 0 spiro atoms. The molecule has 1 saturated carbocycles. The van der Waals surface area contributed by atoms with Gasteiger partial charge in [0.15, 0.2) is 0 Å². The van der Waals surface area contributed by atoms with E-state index >= 15 is 0 Å². The van der Waals surface area contributed by atoms with E-state index in [9.17, 15) is 9.59 Å². The third-order valence-corrected chi connectivity index (χ3v) is 9.04. The number of ether oxygens (including phenoxy) is 1. The Hall–Kier alpha value is -2.74. The second kappa shape index (κ2) is 13.3. The number of aryl methyl sites for hydroxylation is 2. The first-order chi connectivity index (χ1) is 19.4. The summed E-state index contributed by atoms with van der Waals surface area (Å²) in [5.41, 5.74) is 10.4. The molecule has 2 unspecified atom stereocenters. The molecule has 2 heterocycles. The largest absolute Gasteiger partial charge is 0.377 e. The Labute approximate surface area is 239 Å². The van der Waals surface area contributed by atoms with E-state index in [-0.39, 0.29) is 36.0 Å². The molecule has 3 N–H and O–H groups in total. The average Bonchev–Trinajstić information content (AvgIpc) is 3.48. The van der Waals surface area contributed by atoms with Gasteiger partial charge in [-0.15, -0.1) is 0 Å². The molecular formula is C33H46N4O3. The number of likely N-dealkylation sites (tertiary alicyclic amines) is 1. The van der Waals surface area contributed by atoms with Crippen molar-refractivity contribution in [3.8, 4) is 0 Å². The van der Waals surface area contributed by atoms with Crippen LogP contribution in [0.15, 0.2) is 48.5 Å². The van der Waals surface area contributed by atoms with Gasteiger partial charge in [-0.3, -0.25) is 14.5 Å². The van der Waals surface area contributed by atoms with Gasteiger partial charge in [0, 0.05) is 49.9 Å². The van der Waals surface area contributed by atoms with Crippen LogP contribution in [0.25, 0.3) is 0 Å². The quantitative estimate of drug-likeness (QED) is 0.514. The Bertz CT molecular complexity index is 1120. The van der Waals surface area contributed by atoms with Gasteiger partial charge in [-0.05, 0) is 82.9 Å². The summed E-state index contributed by atoms with van der Waals surface area (Å²) in [5.74, 6) is -0.0912. The molecule has 2 aliphatic heterocycles. The fourth-order valence-electron chi connectivity index (χ4n) is 6.51. The predicted octanol–water partition coefficient (Wildman–Crippen LogP) is 4.34. The van der Waals surface area contributed by atoms with Crippen molar-refractivity contribution in [2.24, 2.45) is 5.73 Å². The molecule has 7 heteroatoms. The summed E-state index contributed by atoms with van der Waals surface area (Å²) in [4.78, 5) is 31.9. The molecule has 0 aromatic heterocycles. The lowest BCUT2D eigenvalue weighted by Crippen LogP contribution is -2.59. The van der Waals surface area contributed by atoms with Crippen LogP contribution in [0.5, 0.6) is 0 Å². The summed E-state index contributed by atoms with van der Waals surface area (Å²) in [6.07, 6.45) is 7.49. The van der Waals surface area contributed by atoms with Gasteiger partial charge in [0.2, 0.25) is 5.91 Å². The zero-order chi connectivity index (χ0) is 28.1. The van der Waals surface area contributed by atoms with Crippen LogP contribution in [0, 0.1) is 13.8 Å². The molecule has 3 aliphatic rings. The van der Waals surface area contributed by atoms with E-state index in [1.54, 1.807) is 0 Å². The number of nitrogens with one attached hydrogen (secondary N) is 1. The molecule has 5 rings (SSSR count). The lowest BCUT2D eigenvalue weighted by molar-refractivity contribution is -0.128. The van der Waals surface area contributed by atoms with E-state index in [4.69, 9.17) is 10.5 Å². The van der Waals surface area contributed by atoms with Gasteiger partial charge in [-0.25, -0.2) is 0 Å². The van der Waals surface area contributed by atoms with Crippen LogP contribution in [0.3, 0.4) is 0 Å². The Kier molecular flexibility index (Phi) is 9.56. The smallest absolute Gasteiger partial charge is 0.254 e. The molecule has 7 nitrogen and oxygen atoms in total. The topological polar surface area (TPSA) is 87.9 Å². The average molecular weight is 547 g/mol. The van der Waals surface area contributed by atoms with Gasteiger partial charge < -0.3 is 20.7 Å². The first-order valence-corrected chi connectivity index (χ1v) is 15.2. The van der Waals surface area contributed by atoms with Crippen molar-refractivity contribution in [3.05, 3.63) is 70.8 Å². The number of piperidine rings is 1. The minimum Gasteiger partial charge on any atom is -0.377 e. The maximum absolute atomic E-state index is 13.9. The molecule has 40 heavy (non-hydrogen) atoms. The zero-order valence-electron chi connectivity index (χ0n) is 24.2. The van der Waals surface area contributed by atoms with Gasteiger partial charge in [-0.1, -0.05) is 47.5 Å². The molecule has 3 atom stereocenters. The van der Waals surface area contributed by atoms with Gasteiger partial charge in [0.05, 0.1) is 6.10 Å². The van der Waals surface area contributed by atoms with Crippen molar-refractivity contribution < 1.29 is 14.3 Å².